The van der Waals surface area contributed by atoms with Gasteiger partial charge in [-0.1, -0.05) is 33.6 Å². The summed E-state index contributed by atoms with van der Waals surface area (Å²) < 4.78 is 17.6. The van der Waals surface area contributed by atoms with Crippen molar-refractivity contribution in [2.24, 2.45) is 5.92 Å². The van der Waals surface area contributed by atoms with Crippen molar-refractivity contribution in [2.45, 2.75) is 91.6 Å². The van der Waals surface area contributed by atoms with Gasteiger partial charge in [-0.3, -0.25) is 0 Å². The maximum absolute atomic E-state index is 8.93. The smallest absolute Gasteiger partial charge is 0.0788 e. The van der Waals surface area contributed by atoms with Crippen LogP contribution in [0.3, 0.4) is 0 Å². The molecule has 0 aliphatic carbocycles. The maximum Gasteiger partial charge on any atom is 0.0788 e. The topological polar surface area (TPSA) is 47.9 Å². The third kappa shape index (κ3) is 8.47. The minimum absolute atomic E-state index is 0.001000. The van der Waals surface area contributed by atoms with Crippen molar-refractivity contribution in [3.8, 4) is 0 Å². The second-order valence-electron chi connectivity index (χ2n) is 6.77. The lowest BCUT2D eigenvalue weighted by atomic mass is 9.84. The maximum atomic E-state index is 8.93. The molecule has 0 spiro atoms. The first-order valence-electron chi connectivity index (χ1n) is 8.80. The molecule has 0 aromatic heterocycles. The van der Waals surface area contributed by atoms with Crippen LogP contribution in [-0.2, 0) is 14.2 Å². The van der Waals surface area contributed by atoms with Gasteiger partial charge in [0.2, 0.25) is 0 Å². The van der Waals surface area contributed by atoms with Gasteiger partial charge in [0.1, 0.15) is 0 Å². The average Bonchev–Trinajstić information content (AvgIpc) is 2.49. The lowest BCUT2D eigenvalue weighted by molar-refractivity contribution is -0.144. The van der Waals surface area contributed by atoms with Crippen molar-refractivity contribution in [2.75, 3.05) is 19.8 Å². The number of aliphatic hydroxyl groups is 1. The average molecular weight is 318 g/mol. The van der Waals surface area contributed by atoms with Crippen molar-refractivity contribution in [3.63, 3.8) is 0 Å². The molecule has 0 aliphatic rings. The van der Waals surface area contributed by atoms with Gasteiger partial charge in [-0.2, -0.15) is 0 Å². The monoisotopic (exact) mass is 318 g/mol. The largest absolute Gasteiger partial charge is 0.394 e. The van der Waals surface area contributed by atoms with E-state index in [1.54, 1.807) is 0 Å². The Morgan fingerprint density at radius 2 is 1.45 bits per heavy atom. The molecular weight excluding hydrogens is 280 g/mol. The van der Waals surface area contributed by atoms with Gasteiger partial charge in [0.25, 0.3) is 0 Å². The first-order chi connectivity index (χ1) is 10.3. The molecule has 4 heteroatoms. The standard InChI is InChI=1S/C18H38O4/c1-8-10-18(7,14(3)9-2)22-17(6)13-21-16(5)12-20-15(4)11-19/h14-17,19H,8-13H2,1-7H3. The molecule has 134 valence electrons. The highest BCUT2D eigenvalue weighted by Gasteiger charge is 2.32. The molecule has 0 saturated heterocycles. The SMILES string of the molecule is CCCC(C)(OC(C)COC(C)COC(C)CO)C(C)CC. The van der Waals surface area contributed by atoms with Crippen LogP contribution in [0.15, 0.2) is 0 Å². The van der Waals surface area contributed by atoms with Gasteiger partial charge in [0, 0.05) is 0 Å². The highest BCUT2D eigenvalue weighted by Crippen LogP contribution is 2.30. The van der Waals surface area contributed by atoms with E-state index in [1.807, 2.05) is 13.8 Å². The summed E-state index contributed by atoms with van der Waals surface area (Å²) in [7, 11) is 0. The molecule has 5 atom stereocenters. The number of hydrogen-bond donors (Lipinski definition) is 1. The van der Waals surface area contributed by atoms with Crippen LogP contribution in [0.4, 0.5) is 0 Å². The predicted molar refractivity (Wildman–Crippen MR) is 91.2 cm³/mol. The van der Waals surface area contributed by atoms with Crippen LogP contribution in [0.5, 0.6) is 0 Å². The van der Waals surface area contributed by atoms with Gasteiger partial charge in [-0.05, 0) is 40.0 Å². The number of aliphatic hydroxyl groups excluding tert-OH is 1. The van der Waals surface area contributed by atoms with Crippen LogP contribution in [0.2, 0.25) is 0 Å². The Hall–Kier alpha value is -0.160. The molecule has 22 heavy (non-hydrogen) atoms. The van der Waals surface area contributed by atoms with Crippen molar-refractivity contribution < 1.29 is 19.3 Å². The van der Waals surface area contributed by atoms with Crippen molar-refractivity contribution in [1.82, 2.24) is 0 Å². The molecule has 4 nitrogen and oxygen atoms in total. The van der Waals surface area contributed by atoms with Crippen LogP contribution in [0.1, 0.15) is 67.7 Å². The third-order valence-corrected chi connectivity index (χ3v) is 4.36. The minimum Gasteiger partial charge on any atom is -0.394 e. The molecule has 0 saturated carbocycles. The summed E-state index contributed by atoms with van der Waals surface area (Å²) in [4.78, 5) is 0. The number of rotatable bonds is 13. The van der Waals surface area contributed by atoms with Crippen LogP contribution >= 0.6 is 0 Å². The first kappa shape index (κ1) is 21.8. The van der Waals surface area contributed by atoms with E-state index in [9.17, 15) is 0 Å². The molecule has 0 rings (SSSR count). The fourth-order valence-electron chi connectivity index (χ4n) is 2.54. The fraction of sp³-hybridized carbons (Fsp3) is 1.00. The Morgan fingerprint density at radius 3 is 1.95 bits per heavy atom. The van der Waals surface area contributed by atoms with Gasteiger partial charge in [0.15, 0.2) is 0 Å². The van der Waals surface area contributed by atoms with Gasteiger partial charge in [0.05, 0.1) is 43.7 Å². The Balaban J connectivity index is 4.21. The quantitative estimate of drug-likeness (QED) is 0.561. The summed E-state index contributed by atoms with van der Waals surface area (Å²) in [5, 5.41) is 8.93. The molecule has 5 unspecified atom stereocenters. The second kappa shape index (κ2) is 11.4. The van der Waals surface area contributed by atoms with E-state index in [2.05, 4.69) is 34.6 Å². The Kier molecular flexibility index (Phi) is 11.3. The van der Waals surface area contributed by atoms with Crippen molar-refractivity contribution in [1.29, 1.82) is 0 Å². The Morgan fingerprint density at radius 1 is 0.909 bits per heavy atom. The zero-order valence-corrected chi connectivity index (χ0v) is 15.7. The van der Waals surface area contributed by atoms with E-state index < -0.39 is 0 Å². The molecule has 0 amide bonds. The first-order valence-corrected chi connectivity index (χ1v) is 8.80. The van der Waals surface area contributed by atoms with E-state index in [4.69, 9.17) is 19.3 Å². The molecular formula is C18H38O4. The van der Waals surface area contributed by atoms with E-state index in [0.29, 0.717) is 19.1 Å². The summed E-state index contributed by atoms with van der Waals surface area (Å²) in [5.41, 5.74) is -0.0859. The van der Waals surface area contributed by atoms with Crippen LogP contribution in [-0.4, -0.2) is 48.8 Å². The summed E-state index contributed by atoms with van der Waals surface area (Å²) in [6.45, 7) is 15.9. The summed E-state index contributed by atoms with van der Waals surface area (Å²) >= 11 is 0. The van der Waals surface area contributed by atoms with Crippen molar-refractivity contribution in [3.05, 3.63) is 0 Å². The molecule has 0 aliphatic heterocycles. The predicted octanol–water partition coefficient (Wildman–Crippen LogP) is 3.80. The Bertz CT molecular complexity index is 272. The minimum atomic E-state index is -0.141. The van der Waals surface area contributed by atoms with Crippen LogP contribution < -0.4 is 0 Å². The second-order valence-corrected chi connectivity index (χ2v) is 6.77. The summed E-state index contributed by atoms with van der Waals surface area (Å²) in [5.74, 6) is 0.529. The number of hydrogen-bond acceptors (Lipinski definition) is 4. The molecule has 0 heterocycles. The highest BCUT2D eigenvalue weighted by molar-refractivity contribution is 4.81. The van der Waals surface area contributed by atoms with E-state index in [1.165, 1.54) is 0 Å². The summed E-state index contributed by atoms with van der Waals surface area (Å²) in [6.07, 6.45) is 3.23. The Labute approximate surface area is 137 Å². The van der Waals surface area contributed by atoms with Gasteiger partial charge >= 0.3 is 0 Å². The zero-order chi connectivity index (χ0) is 17.2. The third-order valence-electron chi connectivity index (χ3n) is 4.36. The normalized spacial score (nSPS) is 20.2. The van der Waals surface area contributed by atoms with E-state index >= 15 is 0 Å². The molecule has 0 bridgehead atoms. The van der Waals surface area contributed by atoms with E-state index in [0.717, 1.165) is 19.3 Å². The van der Waals surface area contributed by atoms with Gasteiger partial charge in [-0.25, -0.2) is 0 Å². The lowest BCUT2D eigenvalue weighted by Gasteiger charge is -2.38. The van der Waals surface area contributed by atoms with Gasteiger partial charge < -0.3 is 19.3 Å². The molecule has 0 fully saturated rings. The molecule has 0 aromatic carbocycles. The molecule has 0 aromatic rings. The van der Waals surface area contributed by atoms with Crippen LogP contribution in [0, 0.1) is 5.92 Å². The van der Waals surface area contributed by atoms with Gasteiger partial charge in [-0.15, -0.1) is 0 Å². The van der Waals surface area contributed by atoms with Crippen molar-refractivity contribution >= 4 is 0 Å². The zero-order valence-electron chi connectivity index (χ0n) is 15.7. The highest BCUT2D eigenvalue weighted by atomic mass is 16.6. The van der Waals surface area contributed by atoms with Crippen LogP contribution in [0.25, 0.3) is 0 Å². The molecule has 0 radical (unpaired) electrons. The fourth-order valence-corrected chi connectivity index (χ4v) is 2.54. The lowest BCUT2D eigenvalue weighted by Crippen LogP contribution is -2.40. The summed E-state index contributed by atoms with van der Waals surface area (Å²) in [6, 6.07) is 0. The molecule has 1 N–H and O–H groups in total. The number of ether oxygens (including phenoxy) is 3. The van der Waals surface area contributed by atoms with E-state index in [-0.39, 0.29) is 30.5 Å².